The molecule has 152 valence electrons. The Balaban J connectivity index is 1.48. The van der Waals surface area contributed by atoms with Gasteiger partial charge in [-0.15, -0.1) is 0 Å². The fourth-order valence-corrected chi connectivity index (χ4v) is 5.01. The Hall–Kier alpha value is -2.28. The van der Waals surface area contributed by atoms with E-state index in [1.165, 1.54) is 6.42 Å². The highest BCUT2D eigenvalue weighted by Gasteiger charge is 2.51. The van der Waals surface area contributed by atoms with E-state index in [0.29, 0.717) is 30.4 Å². The maximum absolute atomic E-state index is 13.2. The van der Waals surface area contributed by atoms with Crippen LogP contribution in [-0.4, -0.2) is 51.7 Å². The first kappa shape index (κ1) is 19.1. The van der Waals surface area contributed by atoms with Gasteiger partial charge in [-0.1, -0.05) is 12.8 Å². The molecule has 2 aliphatic heterocycles. The van der Waals surface area contributed by atoms with Crippen molar-refractivity contribution in [1.82, 2.24) is 10.6 Å². The van der Waals surface area contributed by atoms with Crippen molar-refractivity contribution in [3.05, 3.63) is 18.2 Å². The van der Waals surface area contributed by atoms with E-state index in [1.54, 1.807) is 25.2 Å². The number of methoxy groups -OCH3 is 2. The van der Waals surface area contributed by atoms with Gasteiger partial charge < -0.3 is 25.0 Å². The molecule has 7 nitrogen and oxygen atoms in total. The van der Waals surface area contributed by atoms with Crippen molar-refractivity contribution in [2.45, 2.75) is 38.1 Å². The zero-order chi connectivity index (χ0) is 19.7. The Morgan fingerprint density at radius 1 is 1.18 bits per heavy atom. The normalized spacial score (nSPS) is 29.5. The molecule has 1 aliphatic carbocycles. The van der Waals surface area contributed by atoms with Crippen molar-refractivity contribution in [2.24, 2.45) is 11.3 Å². The number of nitrogens with zero attached hydrogens (tertiary/aromatic N) is 1. The molecule has 2 amide bonds. The van der Waals surface area contributed by atoms with Crippen LogP contribution in [0.5, 0.6) is 11.5 Å². The predicted molar refractivity (Wildman–Crippen MR) is 106 cm³/mol. The van der Waals surface area contributed by atoms with Crippen LogP contribution in [0.4, 0.5) is 5.69 Å². The van der Waals surface area contributed by atoms with Crippen molar-refractivity contribution in [2.75, 3.05) is 38.8 Å². The van der Waals surface area contributed by atoms with E-state index in [9.17, 15) is 9.59 Å². The van der Waals surface area contributed by atoms with E-state index in [0.717, 1.165) is 38.0 Å². The first-order chi connectivity index (χ1) is 13.6. The second-order valence-electron chi connectivity index (χ2n) is 8.11. The fraction of sp³-hybridized carbons (Fsp3) is 0.619. The molecule has 0 spiro atoms. The van der Waals surface area contributed by atoms with Crippen molar-refractivity contribution in [1.29, 1.82) is 0 Å². The molecule has 2 heterocycles. The molecular formula is C21H29N3O4. The quantitative estimate of drug-likeness (QED) is 0.804. The second-order valence-corrected chi connectivity index (χ2v) is 8.11. The minimum Gasteiger partial charge on any atom is -0.497 e. The molecule has 0 aromatic heterocycles. The first-order valence-corrected chi connectivity index (χ1v) is 10.1. The smallest absolute Gasteiger partial charge is 0.249 e. The molecule has 3 aliphatic rings. The van der Waals surface area contributed by atoms with Gasteiger partial charge in [0.1, 0.15) is 17.5 Å². The third kappa shape index (κ3) is 3.21. The summed E-state index contributed by atoms with van der Waals surface area (Å²) in [5.41, 5.74) is 0.389. The zero-order valence-corrected chi connectivity index (χ0v) is 16.6. The lowest BCUT2D eigenvalue weighted by Gasteiger charge is -2.37. The van der Waals surface area contributed by atoms with Gasteiger partial charge in [-0.25, -0.2) is 0 Å². The van der Waals surface area contributed by atoms with Crippen molar-refractivity contribution in [3.63, 3.8) is 0 Å². The summed E-state index contributed by atoms with van der Waals surface area (Å²) in [4.78, 5) is 27.9. The van der Waals surface area contributed by atoms with Gasteiger partial charge in [-0.3, -0.25) is 9.59 Å². The second kappa shape index (κ2) is 7.62. The van der Waals surface area contributed by atoms with Crippen LogP contribution >= 0.6 is 0 Å². The molecule has 0 radical (unpaired) electrons. The minimum atomic E-state index is -0.470. The monoisotopic (exact) mass is 387 g/mol. The van der Waals surface area contributed by atoms with Crippen LogP contribution in [0, 0.1) is 11.3 Å². The molecule has 28 heavy (non-hydrogen) atoms. The molecule has 1 aromatic rings. The highest BCUT2D eigenvalue weighted by molar-refractivity contribution is 6.02. The maximum Gasteiger partial charge on any atom is 0.249 e. The number of ether oxygens (including phenoxy) is 2. The standard InChI is InChI=1S/C21H29N3O4/c1-27-16-9-15(10-17(11-16)28-2)24-8-6-18(19(24)25)23-20(26)21-7-4-3-5-14(21)12-22-13-21/h9-11,14,18,22H,3-8,12-13H2,1-2H3,(H,23,26)/t14-,18?,21+/m0/s1. The lowest BCUT2D eigenvalue weighted by Crippen LogP contribution is -2.52. The Kier molecular flexibility index (Phi) is 5.19. The summed E-state index contributed by atoms with van der Waals surface area (Å²) in [5.74, 6) is 1.63. The molecule has 2 N–H and O–H groups in total. The number of nitrogens with one attached hydrogen (secondary N) is 2. The highest BCUT2D eigenvalue weighted by Crippen LogP contribution is 2.44. The van der Waals surface area contributed by atoms with Crippen LogP contribution in [0.25, 0.3) is 0 Å². The van der Waals surface area contributed by atoms with Gasteiger partial charge >= 0.3 is 0 Å². The van der Waals surface area contributed by atoms with Crippen LogP contribution in [0.3, 0.4) is 0 Å². The average molecular weight is 387 g/mol. The number of hydrogen-bond acceptors (Lipinski definition) is 5. The van der Waals surface area contributed by atoms with Crippen LogP contribution < -0.4 is 25.0 Å². The predicted octanol–water partition coefficient (Wildman–Crippen LogP) is 1.71. The molecule has 3 atom stereocenters. The van der Waals surface area contributed by atoms with Gasteiger partial charge in [0, 0.05) is 31.3 Å². The van der Waals surface area contributed by atoms with Gasteiger partial charge in [0.15, 0.2) is 0 Å². The van der Waals surface area contributed by atoms with E-state index in [2.05, 4.69) is 10.6 Å². The SMILES string of the molecule is COc1cc(OC)cc(N2CCC(NC(=O)[C@@]34CCCC[C@H]3CNC4)C2=O)c1. The number of carbonyl (C=O) groups is 2. The number of carbonyl (C=O) groups excluding carboxylic acids is 2. The molecular weight excluding hydrogens is 358 g/mol. The Morgan fingerprint density at radius 2 is 1.93 bits per heavy atom. The number of fused-ring (bicyclic) bond motifs is 1. The lowest BCUT2D eigenvalue weighted by atomic mass is 9.67. The number of rotatable bonds is 5. The summed E-state index contributed by atoms with van der Waals surface area (Å²) in [6, 6.07) is 4.95. The molecule has 3 fully saturated rings. The number of benzene rings is 1. The summed E-state index contributed by atoms with van der Waals surface area (Å²) in [6.07, 6.45) is 4.89. The van der Waals surface area contributed by atoms with Gasteiger partial charge in [-0.05, 0) is 31.7 Å². The largest absolute Gasteiger partial charge is 0.497 e. The van der Waals surface area contributed by atoms with E-state index in [-0.39, 0.29) is 17.2 Å². The zero-order valence-electron chi connectivity index (χ0n) is 16.6. The molecule has 1 unspecified atom stereocenters. The van der Waals surface area contributed by atoms with Crippen LogP contribution in [-0.2, 0) is 9.59 Å². The van der Waals surface area contributed by atoms with Crippen LogP contribution in [0.15, 0.2) is 18.2 Å². The number of hydrogen-bond donors (Lipinski definition) is 2. The van der Waals surface area contributed by atoms with Gasteiger partial charge in [0.2, 0.25) is 11.8 Å². The molecule has 4 rings (SSSR count). The number of amides is 2. The highest BCUT2D eigenvalue weighted by atomic mass is 16.5. The van der Waals surface area contributed by atoms with Gasteiger partial charge in [0.05, 0.1) is 25.3 Å². The van der Waals surface area contributed by atoms with E-state index in [4.69, 9.17) is 9.47 Å². The van der Waals surface area contributed by atoms with Crippen molar-refractivity contribution in [3.8, 4) is 11.5 Å². The van der Waals surface area contributed by atoms with Crippen molar-refractivity contribution < 1.29 is 19.1 Å². The summed E-state index contributed by atoms with van der Waals surface area (Å²) >= 11 is 0. The van der Waals surface area contributed by atoms with Crippen molar-refractivity contribution >= 4 is 17.5 Å². The Morgan fingerprint density at radius 3 is 2.64 bits per heavy atom. The van der Waals surface area contributed by atoms with E-state index >= 15 is 0 Å². The summed E-state index contributed by atoms with van der Waals surface area (Å²) in [5, 5.41) is 6.48. The average Bonchev–Trinajstić information content (AvgIpc) is 3.32. The first-order valence-electron chi connectivity index (χ1n) is 10.1. The minimum absolute atomic E-state index is 0.0469. The molecule has 2 saturated heterocycles. The number of anilines is 1. The molecule has 7 heteroatoms. The van der Waals surface area contributed by atoms with Gasteiger partial charge in [0.25, 0.3) is 0 Å². The molecule has 1 saturated carbocycles. The van der Waals surface area contributed by atoms with E-state index in [1.807, 2.05) is 12.1 Å². The van der Waals surface area contributed by atoms with Crippen LogP contribution in [0.1, 0.15) is 32.1 Å². The third-order valence-electron chi connectivity index (χ3n) is 6.65. The van der Waals surface area contributed by atoms with Crippen LogP contribution in [0.2, 0.25) is 0 Å². The molecule has 0 bridgehead atoms. The third-order valence-corrected chi connectivity index (χ3v) is 6.65. The Bertz CT molecular complexity index is 746. The fourth-order valence-electron chi connectivity index (χ4n) is 5.01. The van der Waals surface area contributed by atoms with E-state index < -0.39 is 6.04 Å². The summed E-state index contributed by atoms with van der Waals surface area (Å²) in [7, 11) is 3.17. The van der Waals surface area contributed by atoms with Gasteiger partial charge in [-0.2, -0.15) is 0 Å². The topological polar surface area (TPSA) is 79.9 Å². The lowest BCUT2D eigenvalue weighted by molar-refractivity contribution is -0.136. The maximum atomic E-state index is 13.2. The molecule has 1 aromatic carbocycles. The summed E-state index contributed by atoms with van der Waals surface area (Å²) < 4.78 is 10.6. The Labute approximate surface area is 165 Å². The summed E-state index contributed by atoms with van der Waals surface area (Å²) in [6.45, 7) is 2.19.